The van der Waals surface area contributed by atoms with Crippen LogP contribution in [0.15, 0.2) is 77.7 Å². The fourth-order valence-corrected chi connectivity index (χ4v) is 5.50. The molecule has 0 atom stereocenters. The van der Waals surface area contributed by atoms with Crippen LogP contribution in [-0.4, -0.2) is 35.9 Å². The molecule has 0 aliphatic rings. The zero-order chi connectivity index (χ0) is 25.7. The molecule has 4 rings (SSSR count). The van der Waals surface area contributed by atoms with Gasteiger partial charge in [0.05, 0.1) is 29.1 Å². The molecule has 0 unspecified atom stereocenters. The van der Waals surface area contributed by atoms with E-state index in [9.17, 15) is 8.42 Å². The number of rotatable bonds is 11. The summed E-state index contributed by atoms with van der Waals surface area (Å²) in [6.45, 7) is 8.01. The Morgan fingerprint density at radius 1 is 0.972 bits per heavy atom. The first-order valence-corrected chi connectivity index (χ1v) is 13.9. The van der Waals surface area contributed by atoms with Crippen LogP contribution in [0, 0.1) is 6.92 Å². The molecule has 0 bridgehead atoms. The summed E-state index contributed by atoms with van der Waals surface area (Å²) in [6, 6.07) is 22.9. The van der Waals surface area contributed by atoms with E-state index >= 15 is 0 Å². The molecule has 0 N–H and O–H groups in total. The fraction of sp³-hybridized carbons (Fsp3) is 0.345. The van der Waals surface area contributed by atoms with Gasteiger partial charge in [0.25, 0.3) is 0 Å². The number of sulfonamides is 1. The number of hydrogen-bond acceptors (Lipinski definition) is 4. The molecule has 0 amide bonds. The molecule has 1 heterocycles. The van der Waals surface area contributed by atoms with Crippen LogP contribution in [0.4, 0.5) is 0 Å². The van der Waals surface area contributed by atoms with E-state index in [4.69, 9.17) is 9.72 Å². The smallest absolute Gasteiger partial charge is 0.243 e. The predicted octanol–water partition coefficient (Wildman–Crippen LogP) is 6.15. The van der Waals surface area contributed by atoms with Crippen molar-refractivity contribution < 1.29 is 13.2 Å². The van der Waals surface area contributed by atoms with Gasteiger partial charge in [0.2, 0.25) is 10.0 Å². The first-order valence-electron chi connectivity index (χ1n) is 12.5. The molecule has 0 fully saturated rings. The van der Waals surface area contributed by atoms with Crippen LogP contribution in [0.3, 0.4) is 0 Å². The van der Waals surface area contributed by atoms with E-state index < -0.39 is 10.0 Å². The van der Waals surface area contributed by atoms with Gasteiger partial charge in [-0.25, -0.2) is 13.4 Å². The highest BCUT2D eigenvalue weighted by Gasteiger charge is 2.23. The number of imidazole rings is 1. The normalized spacial score (nSPS) is 12.1. The monoisotopic (exact) mass is 505 g/mol. The molecule has 0 saturated heterocycles. The van der Waals surface area contributed by atoms with Gasteiger partial charge in [-0.1, -0.05) is 56.3 Å². The highest BCUT2D eigenvalue weighted by atomic mass is 32.2. The maximum absolute atomic E-state index is 13.1. The summed E-state index contributed by atoms with van der Waals surface area (Å²) < 4.78 is 35.8. The summed E-state index contributed by atoms with van der Waals surface area (Å²) in [7, 11) is -2.00. The van der Waals surface area contributed by atoms with Gasteiger partial charge >= 0.3 is 0 Å². The van der Waals surface area contributed by atoms with Crippen LogP contribution >= 0.6 is 0 Å². The standard InChI is InChI=1S/C29H35N3O3S/c1-22(2)25-17-16-23(3)20-28(25)35-19-11-10-18-32-27-15-9-8-14-26(27)30-29(32)21-31(4)36(33,34)24-12-6-5-7-13-24/h5-9,12-17,20,22H,10-11,18-19,21H2,1-4H3. The number of benzene rings is 3. The molecule has 0 aliphatic heterocycles. The minimum absolute atomic E-state index is 0.198. The number of hydrogen-bond donors (Lipinski definition) is 0. The zero-order valence-corrected chi connectivity index (χ0v) is 22.3. The van der Waals surface area contributed by atoms with Gasteiger partial charge in [-0.2, -0.15) is 4.31 Å². The zero-order valence-electron chi connectivity index (χ0n) is 21.5. The summed E-state index contributed by atoms with van der Waals surface area (Å²) in [4.78, 5) is 5.05. The van der Waals surface area contributed by atoms with Crippen molar-refractivity contribution in [2.75, 3.05) is 13.7 Å². The van der Waals surface area contributed by atoms with Gasteiger partial charge in [-0.05, 0) is 67.1 Å². The fourth-order valence-electron chi connectivity index (χ4n) is 4.35. The van der Waals surface area contributed by atoms with Crippen molar-refractivity contribution in [3.63, 3.8) is 0 Å². The summed E-state index contributed by atoms with van der Waals surface area (Å²) in [5.41, 5.74) is 4.31. The molecule has 36 heavy (non-hydrogen) atoms. The SMILES string of the molecule is Cc1ccc(C(C)C)c(OCCCCn2c(CN(C)S(=O)(=O)c3ccccc3)nc3ccccc32)c1. The average molecular weight is 506 g/mol. The Hall–Kier alpha value is -3.16. The van der Waals surface area contributed by atoms with E-state index in [-0.39, 0.29) is 11.4 Å². The molecule has 0 radical (unpaired) electrons. The lowest BCUT2D eigenvalue weighted by Crippen LogP contribution is -2.28. The van der Waals surface area contributed by atoms with E-state index in [2.05, 4.69) is 43.5 Å². The third-order valence-corrected chi connectivity index (χ3v) is 8.19. The van der Waals surface area contributed by atoms with Gasteiger partial charge in [0, 0.05) is 13.6 Å². The molecule has 1 aromatic heterocycles. The Balaban J connectivity index is 1.45. The van der Waals surface area contributed by atoms with Gasteiger partial charge < -0.3 is 9.30 Å². The van der Waals surface area contributed by atoms with E-state index in [1.807, 2.05) is 30.3 Å². The summed E-state index contributed by atoms with van der Waals surface area (Å²) >= 11 is 0. The van der Waals surface area contributed by atoms with Gasteiger partial charge in [0.1, 0.15) is 11.6 Å². The Bertz CT molecular complexity index is 1410. The Morgan fingerprint density at radius 2 is 1.69 bits per heavy atom. The Kier molecular flexibility index (Phi) is 8.11. The third kappa shape index (κ3) is 5.79. The third-order valence-electron chi connectivity index (χ3n) is 6.37. The van der Waals surface area contributed by atoms with Crippen LogP contribution in [0.5, 0.6) is 5.75 Å². The van der Waals surface area contributed by atoms with Crippen LogP contribution in [0.25, 0.3) is 11.0 Å². The molecule has 6 nitrogen and oxygen atoms in total. The lowest BCUT2D eigenvalue weighted by atomic mass is 10.0. The summed E-state index contributed by atoms with van der Waals surface area (Å²) in [5.74, 6) is 2.11. The van der Waals surface area contributed by atoms with E-state index in [0.29, 0.717) is 12.5 Å². The van der Waals surface area contributed by atoms with E-state index in [0.717, 1.165) is 42.0 Å². The predicted molar refractivity (Wildman–Crippen MR) is 145 cm³/mol. The second-order valence-electron chi connectivity index (χ2n) is 9.49. The van der Waals surface area contributed by atoms with Crippen LogP contribution in [0.2, 0.25) is 0 Å². The van der Waals surface area contributed by atoms with Gasteiger partial charge in [-0.15, -0.1) is 0 Å². The Morgan fingerprint density at radius 3 is 2.44 bits per heavy atom. The van der Waals surface area contributed by atoms with Crippen molar-refractivity contribution in [3.05, 3.63) is 89.7 Å². The summed E-state index contributed by atoms with van der Waals surface area (Å²) in [6.07, 6.45) is 1.78. The minimum atomic E-state index is -3.61. The minimum Gasteiger partial charge on any atom is -0.493 e. The van der Waals surface area contributed by atoms with E-state index in [1.165, 1.54) is 15.4 Å². The van der Waals surface area contributed by atoms with Crippen LogP contribution < -0.4 is 4.74 Å². The van der Waals surface area contributed by atoms with Crippen molar-refractivity contribution in [2.24, 2.45) is 0 Å². The molecule has 0 spiro atoms. The lowest BCUT2D eigenvalue weighted by Gasteiger charge is -2.18. The highest BCUT2D eigenvalue weighted by molar-refractivity contribution is 7.89. The first-order chi connectivity index (χ1) is 17.3. The maximum Gasteiger partial charge on any atom is 0.243 e. The largest absolute Gasteiger partial charge is 0.493 e. The number of unbranched alkanes of at least 4 members (excludes halogenated alkanes) is 1. The van der Waals surface area contributed by atoms with Crippen molar-refractivity contribution >= 4 is 21.1 Å². The molecule has 190 valence electrons. The van der Waals surface area contributed by atoms with Gasteiger partial charge in [-0.3, -0.25) is 0 Å². The molecular formula is C29H35N3O3S. The van der Waals surface area contributed by atoms with Crippen molar-refractivity contribution in [3.8, 4) is 5.75 Å². The number of fused-ring (bicyclic) bond motifs is 1. The lowest BCUT2D eigenvalue weighted by molar-refractivity contribution is 0.299. The Labute approximate surface area is 214 Å². The average Bonchev–Trinajstić information content (AvgIpc) is 3.21. The maximum atomic E-state index is 13.1. The second-order valence-corrected chi connectivity index (χ2v) is 11.5. The van der Waals surface area contributed by atoms with Gasteiger partial charge in [0.15, 0.2) is 0 Å². The highest BCUT2D eigenvalue weighted by Crippen LogP contribution is 2.28. The van der Waals surface area contributed by atoms with Crippen LogP contribution in [-0.2, 0) is 23.1 Å². The number of nitrogens with zero attached hydrogens (tertiary/aromatic N) is 3. The van der Waals surface area contributed by atoms with Crippen molar-refractivity contribution in [1.82, 2.24) is 13.9 Å². The summed E-state index contributed by atoms with van der Waals surface area (Å²) in [5, 5.41) is 0. The second kappa shape index (κ2) is 11.3. The number of aromatic nitrogens is 2. The van der Waals surface area contributed by atoms with E-state index in [1.54, 1.807) is 31.3 Å². The molecule has 0 aliphatic carbocycles. The topological polar surface area (TPSA) is 64.4 Å². The van der Waals surface area contributed by atoms with Crippen molar-refractivity contribution in [2.45, 2.75) is 57.5 Å². The first kappa shape index (κ1) is 25.9. The molecular weight excluding hydrogens is 470 g/mol. The number of ether oxygens (including phenoxy) is 1. The van der Waals surface area contributed by atoms with Crippen molar-refractivity contribution in [1.29, 1.82) is 0 Å². The molecule has 0 saturated carbocycles. The molecule has 3 aromatic carbocycles. The number of aryl methyl sites for hydroxylation is 2. The molecule has 4 aromatic rings. The quantitative estimate of drug-likeness (QED) is 0.229. The van der Waals surface area contributed by atoms with Crippen LogP contribution in [0.1, 0.15) is 49.6 Å². The molecule has 7 heteroatoms. The number of para-hydroxylation sites is 2.